The maximum atomic E-state index is 15.2. The third-order valence-corrected chi connectivity index (χ3v) is 7.46. The summed E-state index contributed by atoms with van der Waals surface area (Å²) in [4.78, 5) is 20.0. The van der Waals surface area contributed by atoms with E-state index in [1.807, 2.05) is 25.1 Å². The molecule has 1 saturated heterocycles. The molecule has 8 heteroatoms. The summed E-state index contributed by atoms with van der Waals surface area (Å²) in [6, 6.07) is 9.89. The van der Waals surface area contributed by atoms with Gasteiger partial charge in [0.25, 0.3) is 0 Å². The molecule has 0 radical (unpaired) electrons. The van der Waals surface area contributed by atoms with Crippen LogP contribution in [0.25, 0.3) is 16.1 Å². The number of hydrogen-bond donors (Lipinski definition) is 0. The zero-order valence-corrected chi connectivity index (χ0v) is 22.8. The van der Waals surface area contributed by atoms with Crippen LogP contribution in [-0.4, -0.2) is 66.8 Å². The molecule has 5 rings (SSSR count). The fourth-order valence-electron chi connectivity index (χ4n) is 5.48. The Labute approximate surface area is 224 Å². The number of hydrogen-bond acceptors (Lipinski definition) is 6. The van der Waals surface area contributed by atoms with Gasteiger partial charge in [-0.05, 0) is 58.5 Å². The average molecular weight is 515 g/mol. The van der Waals surface area contributed by atoms with E-state index in [-0.39, 0.29) is 17.9 Å². The molecule has 2 aliphatic rings. The van der Waals surface area contributed by atoms with Crippen molar-refractivity contribution >= 4 is 17.1 Å². The minimum absolute atomic E-state index is 0.143. The van der Waals surface area contributed by atoms with Gasteiger partial charge in [0.2, 0.25) is 5.69 Å². The average Bonchev–Trinajstić information content (AvgIpc) is 2.89. The number of aryl methyl sites for hydroxylation is 1. The smallest absolute Gasteiger partial charge is 0.210 e. The summed E-state index contributed by atoms with van der Waals surface area (Å²) in [7, 11) is 2.12. The van der Waals surface area contributed by atoms with Crippen molar-refractivity contribution in [2.24, 2.45) is 0 Å². The molecule has 0 aliphatic carbocycles. The zero-order chi connectivity index (χ0) is 27.0. The lowest BCUT2D eigenvalue weighted by molar-refractivity contribution is 0.252. The number of aromatic nitrogens is 2. The van der Waals surface area contributed by atoms with E-state index in [4.69, 9.17) is 16.3 Å². The topological polar surface area (TPSA) is 49.1 Å². The van der Waals surface area contributed by atoms with Crippen LogP contribution in [0.5, 0.6) is 5.75 Å². The lowest BCUT2D eigenvalue weighted by Gasteiger charge is -2.40. The molecule has 2 aliphatic heterocycles. The number of likely N-dealkylation sites (N-methyl/N-ethyl adjacent to an activating group) is 1. The second-order valence-electron chi connectivity index (χ2n) is 10.7. The summed E-state index contributed by atoms with van der Waals surface area (Å²) in [6.45, 7) is 20.3. The predicted molar refractivity (Wildman–Crippen MR) is 150 cm³/mol. The van der Waals surface area contributed by atoms with Crippen LogP contribution in [0.15, 0.2) is 36.5 Å². The Bertz CT molecular complexity index is 1380. The monoisotopic (exact) mass is 514 g/mol. The van der Waals surface area contributed by atoms with Gasteiger partial charge in [0.05, 0.1) is 24.0 Å². The van der Waals surface area contributed by atoms with Gasteiger partial charge in [0.1, 0.15) is 12.4 Å². The molecule has 1 atom stereocenters. The highest BCUT2D eigenvalue weighted by Gasteiger charge is 2.30. The highest BCUT2D eigenvalue weighted by atomic mass is 19.1. The second kappa shape index (κ2) is 10.6. The molecule has 3 aromatic rings. The van der Waals surface area contributed by atoms with Crippen LogP contribution in [0.2, 0.25) is 0 Å². The van der Waals surface area contributed by atoms with Crippen LogP contribution in [-0.2, 0) is 6.42 Å². The molecule has 0 spiro atoms. The van der Waals surface area contributed by atoms with Crippen LogP contribution >= 0.6 is 0 Å². The van der Waals surface area contributed by atoms with Gasteiger partial charge in [0, 0.05) is 56.1 Å². The van der Waals surface area contributed by atoms with E-state index in [9.17, 15) is 0 Å². The van der Waals surface area contributed by atoms with Gasteiger partial charge >= 0.3 is 0 Å². The van der Waals surface area contributed by atoms with Crippen molar-refractivity contribution < 1.29 is 9.13 Å². The molecule has 1 unspecified atom stereocenters. The summed E-state index contributed by atoms with van der Waals surface area (Å²) < 4.78 is 21.0. The number of rotatable bonds is 5. The Morgan fingerprint density at radius 2 is 1.89 bits per heavy atom. The lowest BCUT2D eigenvalue weighted by atomic mass is 10.0. The molecule has 7 nitrogen and oxygen atoms in total. The molecule has 3 heterocycles. The third-order valence-electron chi connectivity index (χ3n) is 7.46. The molecule has 0 bridgehead atoms. The van der Waals surface area contributed by atoms with Gasteiger partial charge in [-0.25, -0.2) is 19.2 Å². The van der Waals surface area contributed by atoms with E-state index in [2.05, 4.69) is 58.4 Å². The number of halogens is 1. The number of anilines is 2. The van der Waals surface area contributed by atoms with E-state index in [0.29, 0.717) is 41.5 Å². The molecular weight excluding hydrogens is 479 g/mol. The zero-order valence-electron chi connectivity index (χ0n) is 22.8. The van der Waals surface area contributed by atoms with Crippen LogP contribution in [0.3, 0.4) is 0 Å². The van der Waals surface area contributed by atoms with Gasteiger partial charge in [-0.15, -0.1) is 0 Å². The van der Waals surface area contributed by atoms with E-state index in [0.717, 1.165) is 48.7 Å². The first-order valence-corrected chi connectivity index (χ1v) is 13.3. The molecule has 2 aromatic carbocycles. The molecule has 1 fully saturated rings. The highest BCUT2D eigenvalue weighted by Crippen LogP contribution is 2.41. The number of ether oxygens (including phenoxy) is 1. The van der Waals surface area contributed by atoms with Crippen LogP contribution in [0.4, 0.5) is 21.5 Å². The maximum Gasteiger partial charge on any atom is 0.210 e. The summed E-state index contributed by atoms with van der Waals surface area (Å²) in [5.41, 5.74) is 5.66. The van der Waals surface area contributed by atoms with E-state index >= 15 is 4.39 Å². The van der Waals surface area contributed by atoms with Crippen molar-refractivity contribution in [3.8, 4) is 17.0 Å². The number of benzene rings is 2. The minimum Gasteiger partial charge on any atom is -0.486 e. The molecule has 198 valence electrons. The van der Waals surface area contributed by atoms with Crippen molar-refractivity contribution in [2.75, 3.05) is 49.6 Å². The maximum absolute atomic E-state index is 15.2. The lowest BCUT2D eigenvalue weighted by Crippen LogP contribution is -2.45. The van der Waals surface area contributed by atoms with E-state index in [1.165, 1.54) is 6.07 Å². The molecule has 1 aromatic heterocycles. The van der Waals surface area contributed by atoms with E-state index < -0.39 is 0 Å². The van der Waals surface area contributed by atoms with Crippen molar-refractivity contribution in [3.05, 3.63) is 70.7 Å². The van der Waals surface area contributed by atoms with Crippen LogP contribution in [0, 0.1) is 19.3 Å². The summed E-state index contributed by atoms with van der Waals surface area (Å²) in [6.07, 6.45) is 2.28. The first-order chi connectivity index (χ1) is 18.2. The van der Waals surface area contributed by atoms with Crippen molar-refractivity contribution in [1.82, 2.24) is 14.9 Å². The quantitative estimate of drug-likeness (QED) is 0.420. The summed E-state index contributed by atoms with van der Waals surface area (Å²) in [5.74, 6) is 0.563. The first kappa shape index (κ1) is 25.9. The largest absolute Gasteiger partial charge is 0.486 e. The Kier molecular flexibility index (Phi) is 7.22. The van der Waals surface area contributed by atoms with Crippen molar-refractivity contribution in [2.45, 2.75) is 46.2 Å². The highest BCUT2D eigenvalue weighted by molar-refractivity contribution is 5.74. The Morgan fingerprint density at radius 3 is 2.61 bits per heavy atom. The molecule has 38 heavy (non-hydrogen) atoms. The molecule has 0 N–H and O–H groups in total. The number of fused-ring (bicyclic) bond motifs is 1. The van der Waals surface area contributed by atoms with Gasteiger partial charge in [-0.2, -0.15) is 0 Å². The van der Waals surface area contributed by atoms with Gasteiger partial charge in [0.15, 0.2) is 11.6 Å². The predicted octanol–water partition coefficient (Wildman–Crippen LogP) is 5.48. The van der Waals surface area contributed by atoms with Crippen LogP contribution < -0.4 is 14.5 Å². The normalized spacial score (nSPS) is 17.8. The first-order valence-electron chi connectivity index (χ1n) is 13.3. The Hall–Kier alpha value is -3.70. The second-order valence-corrected chi connectivity index (χ2v) is 10.7. The molecular formula is C30H35FN6O. The van der Waals surface area contributed by atoms with Gasteiger partial charge < -0.3 is 19.4 Å². The fraction of sp³-hybridized carbons (Fsp3) is 0.433. The van der Waals surface area contributed by atoms with Crippen molar-refractivity contribution in [3.63, 3.8) is 0 Å². The summed E-state index contributed by atoms with van der Waals surface area (Å²) in [5, 5.41) is 0. The minimum atomic E-state index is -0.379. The molecule has 0 saturated carbocycles. The van der Waals surface area contributed by atoms with Crippen molar-refractivity contribution in [1.29, 1.82) is 0 Å². The van der Waals surface area contributed by atoms with Crippen LogP contribution in [0.1, 0.15) is 37.7 Å². The Balaban J connectivity index is 1.45. The Morgan fingerprint density at radius 1 is 1.13 bits per heavy atom. The standard InChI is InChI=1S/C30H35FN6O/c1-19(2)37-21(4)18-38-30-24(31)15-23(16-27(30)37)29-20(3)17-33-28(34-29)14-22-7-8-26(25(13-22)32-5)36-11-9-35(6)10-12-36/h7-8,13,15-17,19,21H,9-12,14,18H2,1-4,6H3. The third kappa shape index (κ3) is 5.03. The number of piperazine rings is 1. The number of nitrogens with zero attached hydrogens (tertiary/aromatic N) is 6. The van der Waals surface area contributed by atoms with E-state index in [1.54, 1.807) is 6.20 Å². The molecule has 0 amide bonds. The fourth-order valence-corrected chi connectivity index (χ4v) is 5.48. The SMILES string of the molecule is [C-]#[N+]c1cc(Cc2ncc(C)c(-c3cc(F)c4c(c3)N(C(C)C)C(C)CO4)n2)ccc1N1CCN(C)CC1. The van der Waals surface area contributed by atoms with Gasteiger partial charge in [-0.3, -0.25) is 0 Å². The van der Waals surface area contributed by atoms with Gasteiger partial charge in [-0.1, -0.05) is 17.7 Å². The summed E-state index contributed by atoms with van der Waals surface area (Å²) >= 11 is 0.